The number of fused-ring (bicyclic) bond motifs is 1. The van der Waals surface area contributed by atoms with E-state index in [0.717, 1.165) is 30.7 Å². The highest BCUT2D eigenvalue weighted by atomic mass is 35.5. The SMILES string of the molecule is COc1cccc(CCC(=O)NCC2NCCc3ccccc32)c1.Cl. The fourth-order valence-corrected chi connectivity index (χ4v) is 3.17. The van der Waals surface area contributed by atoms with E-state index < -0.39 is 0 Å². The Kier molecular flexibility index (Phi) is 7.29. The van der Waals surface area contributed by atoms with Crippen molar-refractivity contribution in [3.8, 4) is 5.75 Å². The molecule has 2 aromatic carbocycles. The zero-order valence-electron chi connectivity index (χ0n) is 14.5. The average Bonchev–Trinajstić information content (AvgIpc) is 2.64. The van der Waals surface area contributed by atoms with Gasteiger partial charge in [0.2, 0.25) is 5.91 Å². The molecule has 4 nitrogen and oxygen atoms in total. The maximum atomic E-state index is 12.2. The van der Waals surface area contributed by atoms with E-state index in [-0.39, 0.29) is 24.4 Å². The van der Waals surface area contributed by atoms with Crippen LogP contribution in [0.3, 0.4) is 0 Å². The summed E-state index contributed by atoms with van der Waals surface area (Å²) < 4.78 is 5.21. The number of nitrogens with one attached hydrogen (secondary N) is 2. The lowest BCUT2D eigenvalue weighted by atomic mass is 9.94. The van der Waals surface area contributed by atoms with Gasteiger partial charge in [0.1, 0.15) is 5.75 Å². The van der Waals surface area contributed by atoms with Gasteiger partial charge in [-0.1, -0.05) is 36.4 Å². The number of amides is 1. The van der Waals surface area contributed by atoms with Crippen LogP contribution in [-0.2, 0) is 17.6 Å². The number of hydrogen-bond donors (Lipinski definition) is 2. The zero-order valence-corrected chi connectivity index (χ0v) is 15.3. The summed E-state index contributed by atoms with van der Waals surface area (Å²) in [6.45, 7) is 1.59. The molecule has 1 atom stereocenters. The highest BCUT2D eigenvalue weighted by Gasteiger charge is 2.19. The van der Waals surface area contributed by atoms with E-state index in [1.54, 1.807) is 7.11 Å². The third kappa shape index (κ3) is 5.21. The fraction of sp³-hybridized carbons (Fsp3) is 0.350. The summed E-state index contributed by atoms with van der Waals surface area (Å²) in [4.78, 5) is 12.2. The molecule has 0 bridgehead atoms. The molecule has 1 amide bonds. The van der Waals surface area contributed by atoms with Gasteiger partial charge in [-0.05, 0) is 48.2 Å². The van der Waals surface area contributed by atoms with Crippen molar-refractivity contribution in [2.24, 2.45) is 0 Å². The standard InChI is InChI=1S/C20H24N2O2.ClH/c1-24-17-7-4-5-15(13-17)9-10-20(23)22-14-19-18-8-3-2-6-16(18)11-12-21-19;/h2-8,13,19,21H,9-12,14H2,1H3,(H,22,23);1H. The number of aryl methyl sites for hydroxylation is 1. The van der Waals surface area contributed by atoms with E-state index >= 15 is 0 Å². The van der Waals surface area contributed by atoms with Gasteiger partial charge in [-0.15, -0.1) is 12.4 Å². The molecule has 25 heavy (non-hydrogen) atoms. The molecule has 0 radical (unpaired) electrons. The lowest BCUT2D eigenvalue weighted by Gasteiger charge is -2.27. The van der Waals surface area contributed by atoms with Gasteiger partial charge in [-0.3, -0.25) is 4.79 Å². The average molecular weight is 361 g/mol. The quantitative estimate of drug-likeness (QED) is 0.832. The van der Waals surface area contributed by atoms with Crippen LogP contribution in [0, 0.1) is 0 Å². The largest absolute Gasteiger partial charge is 0.497 e. The second-order valence-electron chi connectivity index (χ2n) is 6.11. The molecule has 1 aliphatic heterocycles. The Balaban J connectivity index is 0.00000225. The van der Waals surface area contributed by atoms with E-state index in [1.807, 2.05) is 24.3 Å². The van der Waals surface area contributed by atoms with Gasteiger partial charge >= 0.3 is 0 Å². The smallest absolute Gasteiger partial charge is 0.220 e. The lowest BCUT2D eigenvalue weighted by Crippen LogP contribution is -2.38. The predicted octanol–water partition coefficient (Wildman–Crippen LogP) is 3.05. The summed E-state index contributed by atoms with van der Waals surface area (Å²) in [5.41, 5.74) is 3.80. The van der Waals surface area contributed by atoms with Crippen molar-refractivity contribution in [3.05, 3.63) is 65.2 Å². The number of ether oxygens (including phenoxy) is 1. The van der Waals surface area contributed by atoms with Crippen LogP contribution in [0.15, 0.2) is 48.5 Å². The minimum atomic E-state index is 0. The van der Waals surface area contributed by atoms with Crippen molar-refractivity contribution >= 4 is 18.3 Å². The van der Waals surface area contributed by atoms with Crippen LogP contribution in [-0.4, -0.2) is 26.1 Å². The van der Waals surface area contributed by atoms with E-state index in [2.05, 4.69) is 34.9 Å². The van der Waals surface area contributed by atoms with E-state index in [1.165, 1.54) is 11.1 Å². The third-order valence-electron chi connectivity index (χ3n) is 4.49. The van der Waals surface area contributed by atoms with Gasteiger partial charge in [-0.25, -0.2) is 0 Å². The summed E-state index contributed by atoms with van der Waals surface area (Å²) in [6, 6.07) is 16.5. The number of benzene rings is 2. The first-order valence-corrected chi connectivity index (χ1v) is 8.47. The zero-order chi connectivity index (χ0) is 16.8. The number of carbonyl (C=O) groups is 1. The van der Waals surface area contributed by atoms with Crippen molar-refractivity contribution in [2.45, 2.75) is 25.3 Å². The van der Waals surface area contributed by atoms with E-state index in [9.17, 15) is 4.79 Å². The topological polar surface area (TPSA) is 50.4 Å². The molecule has 3 rings (SSSR count). The fourth-order valence-electron chi connectivity index (χ4n) is 3.17. The molecule has 0 aliphatic carbocycles. The van der Waals surface area contributed by atoms with Crippen LogP contribution in [0.2, 0.25) is 0 Å². The van der Waals surface area contributed by atoms with E-state index in [4.69, 9.17) is 4.74 Å². The third-order valence-corrected chi connectivity index (χ3v) is 4.49. The van der Waals surface area contributed by atoms with Crippen LogP contribution in [0.4, 0.5) is 0 Å². The van der Waals surface area contributed by atoms with Gasteiger partial charge in [0.15, 0.2) is 0 Å². The second-order valence-corrected chi connectivity index (χ2v) is 6.11. The molecule has 1 aliphatic rings. The summed E-state index contributed by atoms with van der Waals surface area (Å²) in [7, 11) is 1.65. The molecule has 0 fully saturated rings. The molecule has 1 heterocycles. The van der Waals surface area contributed by atoms with E-state index in [0.29, 0.717) is 13.0 Å². The first kappa shape index (κ1) is 19.3. The summed E-state index contributed by atoms with van der Waals surface area (Å²) >= 11 is 0. The molecular weight excluding hydrogens is 336 g/mol. The van der Waals surface area contributed by atoms with Crippen LogP contribution in [0.5, 0.6) is 5.75 Å². The van der Waals surface area contributed by atoms with Gasteiger partial charge in [0, 0.05) is 19.0 Å². The van der Waals surface area contributed by atoms with Crippen molar-refractivity contribution in [3.63, 3.8) is 0 Å². The van der Waals surface area contributed by atoms with Gasteiger partial charge < -0.3 is 15.4 Å². The Morgan fingerprint density at radius 3 is 2.92 bits per heavy atom. The number of carbonyl (C=O) groups excluding carboxylic acids is 1. The van der Waals surface area contributed by atoms with Gasteiger partial charge in [-0.2, -0.15) is 0 Å². The Bertz CT molecular complexity index is 706. The first-order chi connectivity index (χ1) is 11.8. The van der Waals surface area contributed by atoms with Crippen molar-refractivity contribution in [2.75, 3.05) is 20.2 Å². The van der Waals surface area contributed by atoms with Gasteiger partial charge in [0.25, 0.3) is 0 Å². The molecule has 5 heteroatoms. The minimum absolute atomic E-state index is 0. The number of rotatable bonds is 6. The highest BCUT2D eigenvalue weighted by molar-refractivity contribution is 5.85. The number of methoxy groups -OCH3 is 1. The van der Waals surface area contributed by atoms with Crippen LogP contribution < -0.4 is 15.4 Å². The first-order valence-electron chi connectivity index (χ1n) is 8.47. The van der Waals surface area contributed by atoms with Crippen LogP contribution in [0.25, 0.3) is 0 Å². The predicted molar refractivity (Wildman–Crippen MR) is 102 cm³/mol. The number of hydrogen-bond acceptors (Lipinski definition) is 3. The van der Waals surface area contributed by atoms with Gasteiger partial charge in [0.05, 0.1) is 7.11 Å². The normalized spacial score (nSPS) is 15.6. The lowest BCUT2D eigenvalue weighted by molar-refractivity contribution is -0.121. The molecule has 0 aromatic heterocycles. The van der Waals surface area contributed by atoms with Crippen molar-refractivity contribution < 1.29 is 9.53 Å². The maximum absolute atomic E-state index is 12.2. The number of halogens is 1. The van der Waals surface area contributed by atoms with Crippen LogP contribution in [0.1, 0.15) is 29.2 Å². The Morgan fingerprint density at radius 2 is 2.08 bits per heavy atom. The minimum Gasteiger partial charge on any atom is -0.497 e. The molecule has 0 saturated heterocycles. The highest BCUT2D eigenvalue weighted by Crippen LogP contribution is 2.21. The summed E-state index contributed by atoms with van der Waals surface area (Å²) in [5, 5.41) is 6.55. The summed E-state index contributed by atoms with van der Waals surface area (Å²) in [6.07, 6.45) is 2.26. The molecule has 0 saturated carbocycles. The summed E-state index contributed by atoms with van der Waals surface area (Å²) in [5.74, 6) is 0.915. The second kappa shape index (κ2) is 9.44. The molecule has 2 aromatic rings. The maximum Gasteiger partial charge on any atom is 0.220 e. The van der Waals surface area contributed by atoms with Crippen LogP contribution >= 0.6 is 12.4 Å². The van der Waals surface area contributed by atoms with Crippen molar-refractivity contribution in [1.82, 2.24) is 10.6 Å². The van der Waals surface area contributed by atoms with Crippen molar-refractivity contribution in [1.29, 1.82) is 0 Å². The Hall–Kier alpha value is -2.04. The monoisotopic (exact) mass is 360 g/mol. The molecule has 0 spiro atoms. The molecular formula is C20H25ClN2O2. The molecule has 1 unspecified atom stereocenters. The Labute approximate surface area is 155 Å². The molecule has 134 valence electrons. The Morgan fingerprint density at radius 1 is 1.24 bits per heavy atom. The molecule has 2 N–H and O–H groups in total.